The highest BCUT2D eigenvalue weighted by atomic mass is 35.5. The Bertz CT molecular complexity index is 1150. The van der Waals surface area contributed by atoms with E-state index in [0.29, 0.717) is 49.4 Å². The topological polar surface area (TPSA) is 59.0 Å². The molecule has 0 saturated carbocycles. The van der Waals surface area contributed by atoms with Crippen molar-refractivity contribution in [1.29, 1.82) is 0 Å². The van der Waals surface area contributed by atoms with Crippen LogP contribution in [0, 0.1) is 0 Å². The summed E-state index contributed by atoms with van der Waals surface area (Å²) in [5.41, 5.74) is 1.11. The van der Waals surface area contributed by atoms with E-state index in [4.69, 9.17) is 26.2 Å². The molecular weight excluding hydrogens is 507 g/mol. The van der Waals surface area contributed by atoms with Crippen LogP contribution in [-0.4, -0.2) is 42.8 Å². The zero-order chi connectivity index (χ0) is 26.8. The second kappa shape index (κ2) is 13.5. The van der Waals surface area contributed by atoms with Gasteiger partial charge in [-0.3, -0.25) is 4.90 Å². The predicted molar refractivity (Wildman–Crippen MR) is 136 cm³/mol. The number of hydrogen-bond donors (Lipinski definition) is 1. The van der Waals surface area contributed by atoms with Crippen molar-refractivity contribution in [2.75, 3.05) is 26.8 Å². The van der Waals surface area contributed by atoms with Crippen LogP contribution in [0.1, 0.15) is 35.6 Å². The second-order valence-electron chi connectivity index (χ2n) is 8.56. The number of carboxylic acids is 1. The largest absolute Gasteiger partial charge is 0.494 e. The monoisotopic (exact) mass is 535 g/mol. The van der Waals surface area contributed by atoms with Crippen LogP contribution >= 0.6 is 11.6 Å². The van der Waals surface area contributed by atoms with Crippen LogP contribution in [-0.2, 0) is 27.0 Å². The van der Waals surface area contributed by atoms with E-state index in [0.717, 1.165) is 17.7 Å². The lowest BCUT2D eigenvalue weighted by Gasteiger charge is -2.28. The Kier molecular flexibility index (Phi) is 10.4. The molecule has 198 valence electrons. The highest BCUT2D eigenvalue weighted by Crippen LogP contribution is 2.36. The van der Waals surface area contributed by atoms with Gasteiger partial charge < -0.3 is 14.6 Å². The summed E-state index contributed by atoms with van der Waals surface area (Å²) in [4.78, 5) is 12.9. The van der Waals surface area contributed by atoms with E-state index in [1.165, 1.54) is 6.07 Å². The van der Waals surface area contributed by atoms with Crippen molar-refractivity contribution < 1.29 is 32.5 Å². The standard InChI is InChI=1S/C28H29ClF3NO4/c1-36-25(21-9-3-2-4-10-21)19-33(18-22-11-6-13-24(27(22)29)28(30,31)32)14-7-15-37-23-12-5-8-20(16-23)17-26(34)35/h2-6,9-13,16-17,25H,7-8,14-15,18-19H2,1H3,(H,34,35)/t25-/m1/s1. The number of nitrogens with zero attached hydrogens (tertiary/aromatic N) is 1. The normalized spacial score (nSPS) is 15.6. The molecule has 1 aliphatic rings. The minimum absolute atomic E-state index is 0.198. The van der Waals surface area contributed by atoms with Gasteiger partial charge in [0.2, 0.25) is 0 Å². The number of rotatable bonds is 12. The molecule has 0 aromatic heterocycles. The highest BCUT2D eigenvalue weighted by Gasteiger charge is 2.34. The van der Waals surface area contributed by atoms with Gasteiger partial charge >= 0.3 is 12.1 Å². The Morgan fingerprint density at radius 2 is 1.95 bits per heavy atom. The summed E-state index contributed by atoms with van der Waals surface area (Å²) in [6, 6.07) is 13.5. The minimum atomic E-state index is -4.54. The molecule has 0 heterocycles. The number of allylic oxidation sites excluding steroid dienone is 4. The lowest BCUT2D eigenvalue weighted by atomic mass is 10.1. The van der Waals surface area contributed by atoms with Gasteiger partial charge in [-0.15, -0.1) is 0 Å². The van der Waals surface area contributed by atoms with Gasteiger partial charge in [-0.25, -0.2) is 4.79 Å². The van der Waals surface area contributed by atoms with Gasteiger partial charge in [0, 0.05) is 32.8 Å². The second-order valence-corrected chi connectivity index (χ2v) is 8.94. The first kappa shape index (κ1) is 28.5. The number of halogens is 4. The van der Waals surface area contributed by atoms with Gasteiger partial charge in [0.15, 0.2) is 0 Å². The number of ether oxygens (including phenoxy) is 2. The van der Waals surface area contributed by atoms with Gasteiger partial charge in [-0.05, 0) is 47.8 Å². The van der Waals surface area contributed by atoms with E-state index in [1.807, 2.05) is 41.3 Å². The Labute approximate surface area is 219 Å². The fourth-order valence-electron chi connectivity index (χ4n) is 4.04. The third kappa shape index (κ3) is 8.77. The van der Waals surface area contributed by atoms with E-state index < -0.39 is 17.7 Å². The SMILES string of the molecule is CO[C@H](CN(CCCOC1=CC(=CC(=O)O)CC=C1)Cc1cccc(C(F)(F)F)c1Cl)c1ccccc1. The predicted octanol–water partition coefficient (Wildman–Crippen LogP) is 6.81. The van der Waals surface area contributed by atoms with Crippen molar-refractivity contribution in [2.24, 2.45) is 0 Å². The molecule has 0 spiro atoms. The van der Waals surface area contributed by atoms with Gasteiger partial charge in [-0.1, -0.05) is 60.1 Å². The summed E-state index contributed by atoms with van der Waals surface area (Å²) < 4.78 is 51.7. The van der Waals surface area contributed by atoms with Crippen LogP contribution in [0.4, 0.5) is 13.2 Å². The summed E-state index contributed by atoms with van der Waals surface area (Å²) in [5, 5.41) is 8.64. The van der Waals surface area contributed by atoms with Gasteiger partial charge in [0.1, 0.15) is 5.76 Å². The summed E-state index contributed by atoms with van der Waals surface area (Å²) in [5.74, 6) is -0.457. The van der Waals surface area contributed by atoms with Crippen LogP contribution in [0.2, 0.25) is 5.02 Å². The molecule has 2 aromatic carbocycles. The summed E-state index contributed by atoms with van der Waals surface area (Å²) >= 11 is 6.17. The maximum Gasteiger partial charge on any atom is 0.417 e. The highest BCUT2D eigenvalue weighted by molar-refractivity contribution is 6.32. The van der Waals surface area contributed by atoms with Gasteiger partial charge in [0.25, 0.3) is 0 Å². The molecule has 0 fully saturated rings. The van der Waals surface area contributed by atoms with E-state index in [2.05, 4.69) is 0 Å². The molecule has 0 amide bonds. The molecule has 0 unspecified atom stereocenters. The Hall–Kier alpha value is -3.07. The number of benzene rings is 2. The minimum Gasteiger partial charge on any atom is -0.494 e. The molecule has 0 radical (unpaired) electrons. The first-order valence-electron chi connectivity index (χ1n) is 11.8. The smallest absolute Gasteiger partial charge is 0.417 e. The quantitative estimate of drug-likeness (QED) is 0.239. The Balaban J connectivity index is 1.71. The molecule has 3 rings (SSSR count). The number of alkyl halides is 3. The fourth-order valence-corrected chi connectivity index (χ4v) is 4.34. The molecule has 2 aromatic rings. The van der Waals surface area contributed by atoms with Gasteiger partial charge in [0.05, 0.1) is 23.3 Å². The molecule has 37 heavy (non-hydrogen) atoms. The zero-order valence-electron chi connectivity index (χ0n) is 20.4. The van der Waals surface area contributed by atoms with Crippen molar-refractivity contribution in [3.8, 4) is 0 Å². The molecule has 5 nitrogen and oxygen atoms in total. The molecule has 9 heteroatoms. The average Bonchev–Trinajstić information content (AvgIpc) is 2.85. The third-order valence-electron chi connectivity index (χ3n) is 5.82. The summed E-state index contributed by atoms with van der Waals surface area (Å²) in [6.45, 7) is 1.48. The van der Waals surface area contributed by atoms with Crippen molar-refractivity contribution in [2.45, 2.75) is 31.7 Å². The number of carboxylic acid groups (broad SMARTS) is 1. The Morgan fingerprint density at radius 1 is 1.19 bits per heavy atom. The lowest BCUT2D eigenvalue weighted by Crippen LogP contribution is -2.31. The number of hydrogen-bond acceptors (Lipinski definition) is 4. The molecule has 1 atom stereocenters. The van der Waals surface area contributed by atoms with Crippen LogP contribution in [0.25, 0.3) is 0 Å². The molecule has 0 saturated heterocycles. The summed E-state index contributed by atoms with van der Waals surface area (Å²) in [7, 11) is 1.60. The van der Waals surface area contributed by atoms with Crippen LogP contribution < -0.4 is 0 Å². The van der Waals surface area contributed by atoms with E-state index in [1.54, 1.807) is 25.3 Å². The van der Waals surface area contributed by atoms with Crippen molar-refractivity contribution >= 4 is 17.6 Å². The number of aliphatic carboxylic acids is 1. The number of methoxy groups -OCH3 is 1. The summed E-state index contributed by atoms with van der Waals surface area (Å²) in [6.07, 6.45) is 2.70. The zero-order valence-corrected chi connectivity index (χ0v) is 21.1. The molecular formula is C28H29ClF3NO4. The van der Waals surface area contributed by atoms with E-state index >= 15 is 0 Å². The molecule has 1 N–H and O–H groups in total. The average molecular weight is 536 g/mol. The fraction of sp³-hybridized carbons (Fsp3) is 0.321. The molecule has 0 aliphatic heterocycles. The van der Waals surface area contributed by atoms with Crippen LogP contribution in [0.15, 0.2) is 84.2 Å². The van der Waals surface area contributed by atoms with Crippen molar-refractivity contribution in [3.05, 3.63) is 106 Å². The Morgan fingerprint density at radius 3 is 2.62 bits per heavy atom. The van der Waals surface area contributed by atoms with Crippen molar-refractivity contribution in [1.82, 2.24) is 4.90 Å². The maximum atomic E-state index is 13.4. The van der Waals surface area contributed by atoms with Crippen molar-refractivity contribution in [3.63, 3.8) is 0 Å². The molecule has 1 aliphatic carbocycles. The molecule has 0 bridgehead atoms. The first-order chi connectivity index (χ1) is 17.7. The van der Waals surface area contributed by atoms with Crippen LogP contribution in [0.5, 0.6) is 0 Å². The van der Waals surface area contributed by atoms with E-state index in [9.17, 15) is 18.0 Å². The lowest BCUT2D eigenvalue weighted by molar-refractivity contribution is -0.137. The van der Waals surface area contributed by atoms with Crippen LogP contribution in [0.3, 0.4) is 0 Å². The van der Waals surface area contributed by atoms with Gasteiger partial charge in [-0.2, -0.15) is 13.2 Å². The van der Waals surface area contributed by atoms with E-state index in [-0.39, 0.29) is 17.7 Å². The number of carbonyl (C=O) groups is 1. The third-order valence-corrected chi connectivity index (χ3v) is 6.26. The first-order valence-corrected chi connectivity index (χ1v) is 12.1. The maximum absolute atomic E-state index is 13.4.